The van der Waals surface area contributed by atoms with Crippen molar-refractivity contribution in [3.8, 4) is 11.8 Å². The molecule has 11 heteroatoms. The summed E-state index contributed by atoms with van der Waals surface area (Å²) in [5.41, 5.74) is 7.54. The molecule has 2 aromatic carbocycles. The third-order valence-electron chi connectivity index (χ3n) is 6.63. The van der Waals surface area contributed by atoms with Gasteiger partial charge in [0.15, 0.2) is 0 Å². The van der Waals surface area contributed by atoms with Crippen LogP contribution in [0.2, 0.25) is 0 Å². The zero-order valence-electron chi connectivity index (χ0n) is 25.6. The minimum atomic E-state index is -0.247. The summed E-state index contributed by atoms with van der Waals surface area (Å²) in [5.74, 6) is 6.42. The van der Waals surface area contributed by atoms with Gasteiger partial charge < -0.3 is 25.0 Å². The number of anilines is 2. The third kappa shape index (κ3) is 10.6. The molecule has 4 rings (SSSR count). The number of hydrazone groups is 1. The summed E-state index contributed by atoms with van der Waals surface area (Å²) in [7, 11) is 0. The zero-order valence-corrected chi connectivity index (χ0v) is 25.6. The lowest BCUT2D eigenvalue weighted by Gasteiger charge is -2.26. The molecule has 1 aliphatic heterocycles. The van der Waals surface area contributed by atoms with Gasteiger partial charge >= 0.3 is 0 Å². The first-order valence-electron chi connectivity index (χ1n) is 14.8. The van der Waals surface area contributed by atoms with Crippen molar-refractivity contribution in [1.29, 1.82) is 0 Å². The summed E-state index contributed by atoms with van der Waals surface area (Å²) in [6, 6.07) is 18.8. The fourth-order valence-corrected chi connectivity index (χ4v) is 4.33. The Morgan fingerprint density at radius 3 is 2.36 bits per heavy atom. The van der Waals surface area contributed by atoms with Gasteiger partial charge in [-0.2, -0.15) is 5.10 Å². The van der Waals surface area contributed by atoms with E-state index in [9.17, 15) is 14.4 Å². The van der Waals surface area contributed by atoms with E-state index in [1.165, 1.54) is 6.20 Å². The Labute approximate surface area is 263 Å². The highest BCUT2D eigenvalue weighted by molar-refractivity contribution is 5.95. The van der Waals surface area contributed by atoms with Crippen LogP contribution in [-0.2, 0) is 25.6 Å². The van der Waals surface area contributed by atoms with Crippen LogP contribution in [0, 0.1) is 11.8 Å². The third-order valence-corrected chi connectivity index (χ3v) is 6.63. The van der Waals surface area contributed by atoms with Gasteiger partial charge in [0.2, 0.25) is 11.8 Å². The van der Waals surface area contributed by atoms with Crippen LogP contribution in [0.4, 0.5) is 11.5 Å². The molecule has 0 saturated heterocycles. The highest BCUT2D eigenvalue weighted by atomic mass is 16.5. The fourth-order valence-electron chi connectivity index (χ4n) is 4.33. The van der Waals surface area contributed by atoms with Gasteiger partial charge in [-0.25, -0.2) is 4.98 Å². The predicted molar refractivity (Wildman–Crippen MR) is 173 cm³/mol. The smallest absolute Gasteiger partial charge is 0.252 e. The van der Waals surface area contributed by atoms with E-state index in [1.54, 1.807) is 17.0 Å². The van der Waals surface area contributed by atoms with E-state index in [2.05, 4.69) is 38.0 Å². The van der Waals surface area contributed by atoms with Crippen molar-refractivity contribution in [1.82, 2.24) is 15.6 Å². The van der Waals surface area contributed by atoms with E-state index in [4.69, 9.17) is 9.47 Å². The van der Waals surface area contributed by atoms with Crippen LogP contribution in [0.15, 0.2) is 72.0 Å². The van der Waals surface area contributed by atoms with E-state index in [1.807, 2.05) is 62.4 Å². The highest BCUT2D eigenvalue weighted by Gasteiger charge is 2.21. The standard InChI is InChI=1S/C34H38N6O5/c1-25(2)38-39-31-14-13-28(23-37-31)34(43)36-18-20-45-22-21-44-19-16-32(41)35-17-15-33(42)40-24-29-9-4-3-7-26(29)11-12-27-8-5-6-10-30(27)40/h3-10,13-14,23H,15-22,24H2,1-2H3,(H,35,41)(H,36,43)(H,37,39). The minimum Gasteiger partial charge on any atom is -0.379 e. The Balaban J connectivity index is 1.06. The number of benzene rings is 2. The molecule has 3 N–H and O–H groups in total. The number of nitrogens with one attached hydrogen (secondary N) is 3. The molecule has 2 heterocycles. The summed E-state index contributed by atoms with van der Waals surface area (Å²) < 4.78 is 11.0. The van der Waals surface area contributed by atoms with Crippen molar-refractivity contribution < 1.29 is 23.9 Å². The lowest BCUT2D eigenvalue weighted by atomic mass is 10.0. The molecule has 0 atom stereocenters. The second kappa shape index (κ2) is 17.3. The maximum Gasteiger partial charge on any atom is 0.252 e. The first-order valence-corrected chi connectivity index (χ1v) is 14.8. The normalized spacial score (nSPS) is 11.5. The molecule has 1 aliphatic rings. The average Bonchev–Trinajstić information content (AvgIpc) is 3.04. The lowest BCUT2D eigenvalue weighted by Crippen LogP contribution is -2.35. The van der Waals surface area contributed by atoms with Crippen molar-refractivity contribution in [3.05, 3.63) is 89.1 Å². The molecular formula is C34H38N6O5. The van der Waals surface area contributed by atoms with E-state index in [0.29, 0.717) is 44.3 Å². The van der Waals surface area contributed by atoms with Gasteiger partial charge in [0.25, 0.3) is 5.91 Å². The number of rotatable bonds is 15. The molecule has 0 unspecified atom stereocenters. The van der Waals surface area contributed by atoms with Crippen LogP contribution >= 0.6 is 0 Å². The molecule has 3 amide bonds. The largest absolute Gasteiger partial charge is 0.379 e. The lowest BCUT2D eigenvalue weighted by molar-refractivity contribution is -0.122. The molecule has 0 radical (unpaired) electrons. The molecule has 0 aliphatic carbocycles. The van der Waals surface area contributed by atoms with Gasteiger partial charge in [-0.15, -0.1) is 0 Å². The zero-order chi connectivity index (χ0) is 31.9. The van der Waals surface area contributed by atoms with Crippen molar-refractivity contribution in [3.63, 3.8) is 0 Å². The molecule has 0 bridgehead atoms. The van der Waals surface area contributed by atoms with Gasteiger partial charge in [0.1, 0.15) is 5.82 Å². The van der Waals surface area contributed by atoms with Crippen molar-refractivity contribution >= 4 is 34.9 Å². The van der Waals surface area contributed by atoms with Gasteiger partial charge in [-0.3, -0.25) is 19.8 Å². The Kier molecular flexibility index (Phi) is 12.6. The van der Waals surface area contributed by atoms with Crippen LogP contribution in [0.1, 0.15) is 53.7 Å². The summed E-state index contributed by atoms with van der Waals surface area (Å²) in [6.07, 6.45) is 1.81. The molecule has 3 aromatic rings. The first-order chi connectivity index (χ1) is 21.9. The van der Waals surface area contributed by atoms with Crippen LogP contribution in [0.25, 0.3) is 0 Å². The number of para-hydroxylation sites is 1. The number of hydrogen-bond donors (Lipinski definition) is 3. The first kappa shape index (κ1) is 32.9. The monoisotopic (exact) mass is 610 g/mol. The minimum absolute atomic E-state index is 0.0922. The summed E-state index contributed by atoms with van der Waals surface area (Å²) in [5, 5.41) is 9.64. The van der Waals surface area contributed by atoms with E-state index >= 15 is 0 Å². The maximum absolute atomic E-state index is 13.2. The molecule has 0 saturated carbocycles. The van der Waals surface area contributed by atoms with Crippen molar-refractivity contribution in [2.24, 2.45) is 5.10 Å². The number of aromatic nitrogens is 1. The molecular weight excluding hydrogens is 572 g/mol. The van der Waals surface area contributed by atoms with E-state index < -0.39 is 0 Å². The van der Waals surface area contributed by atoms with E-state index in [-0.39, 0.29) is 43.7 Å². The Hall–Kier alpha value is -5.05. The predicted octanol–water partition coefficient (Wildman–Crippen LogP) is 3.50. The van der Waals surface area contributed by atoms with Crippen molar-refractivity contribution in [2.45, 2.75) is 33.2 Å². The molecule has 11 nitrogen and oxygen atoms in total. The van der Waals surface area contributed by atoms with Gasteiger partial charge in [0.05, 0.1) is 44.2 Å². The van der Waals surface area contributed by atoms with Crippen molar-refractivity contribution in [2.75, 3.05) is 49.8 Å². The second-order valence-electron chi connectivity index (χ2n) is 10.3. The fraction of sp³-hybridized carbons (Fsp3) is 0.324. The highest BCUT2D eigenvalue weighted by Crippen LogP contribution is 2.25. The number of pyridine rings is 1. The Bertz CT molecular complexity index is 1560. The molecule has 234 valence electrons. The number of carbonyl (C=O) groups is 3. The average molecular weight is 611 g/mol. The Morgan fingerprint density at radius 1 is 0.844 bits per heavy atom. The number of fused-ring (bicyclic) bond motifs is 2. The van der Waals surface area contributed by atoms with Gasteiger partial charge in [-0.05, 0) is 49.7 Å². The number of hydrogen-bond acceptors (Lipinski definition) is 8. The SMILES string of the molecule is CC(C)=NNc1ccc(C(=O)NCCOCCOCCC(=O)NCCC(=O)N2Cc3ccccc3C#Cc3ccccc32)cn1. The maximum atomic E-state index is 13.2. The molecule has 0 fully saturated rings. The quantitative estimate of drug-likeness (QED) is 0.104. The number of ether oxygens (including phenoxy) is 2. The number of nitrogens with zero attached hydrogens (tertiary/aromatic N) is 3. The van der Waals surface area contributed by atoms with Crippen LogP contribution in [0.5, 0.6) is 0 Å². The molecule has 0 spiro atoms. The number of carbonyl (C=O) groups excluding carboxylic acids is 3. The number of amides is 3. The van der Waals surface area contributed by atoms with Gasteiger partial charge in [-0.1, -0.05) is 42.2 Å². The Morgan fingerprint density at radius 2 is 1.58 bits per heavy atom. The second-order valence-corrected chi connectivity index (χ2v) is 10.3. The van der Waals surface area contributed by atoms with Crippen LogP contribution < -0.4 is 21.0 Å². The summed E-state index contributed by atoms with van der Waals surface area (Å²) in [6.45, 7) is 5.90. The molecule has 45 heavy (non-hydrogen) atoms. The summed E-state index contributed by atoms with van der Waals surface area (Å²) in [4.78, 5) is 43.6. The van der Waals surface area contributed by atoms with Gasteiger partial charge in [0, 0.05) is 49.0 Å². The van der Waals surface area contributed by atoms with Crippen LogP contribution in [-0.4, -0.2) is 67.9 Å². The topological polar surface area (TPSA) is 134 Å². The van der Waals surface area contributed by atoms with Crippen LogP contribution in [0.3, 0.4) is 0 Å². The summed E-state index contributed by atoms with van der Waals surface area (Å²) >= 11 is 0. The van der Waals surface area contributed by atoms with E-state index in [0.717, 1.165) is 28.1 Å². The molecule has 1 aromatic heterocycles.